The molecule has 1 heterocycles. The fraction of sp³-hybridized carbons (Fsp3) is 0.150. The molecule has 0 radical (unpaired) electrons. The first-order chi connectivity index (χ1) is 13.0. The van der Waals surface area contributed by atoms with Gasteiger partial charge in [-0.05, 0) is 36.4 Å². The third kappa shape index (κ3) is 3.73. The first kappa shape index (κ1) is 18.3. The molecule has 0 unspecified atom stereocenters. The first-order valence-electron chi connectivity index (χ1n) is 8.28. The number of carbonyl (C=O) groups excluding carboxylic acids is 3. The van der Waals surface area contributed by atoms with Crippen molar-refractivity contribution in [1.29, 1.82) is 0 Å². The number of methoxy groups -OCH3 is 1. The van der Waals surface area contributed by atoms with Crippen LogP contribution < -0.4 is 10.1 Å². The van der Waals surface area contributed by atoms with Crippen molar-refractivity contribution in [1.82, 2.24) is 4.90 Å². The topological polar surface area (TPSA) is 95.9 Å². The van der Waals surface area contributed by atoms with Crippen LogP contribution in [0.5, 0.6) is 5.75 Å². The van der Waals surface area contributed by atoms with E-state index in [1.807, 2.05) is 0 Å². The normalized spacial score (nSPS) is 13.6. The number of β-amino-alcohol motifs (C(OH)–C–C–N with tert-alkyl or cyclic N) is 1. The van der Waals surface area contributed by atoms with E-state index >= 15 is 0 Å². The molecule has 0 aliphatic carbocycles. The van der Waals surface area contributed by atoms with Crippen molar-refractivity contribution in [3.63, 3.8) is 0 Å². The largest absolute Gasteiger partial charge is 0.497 e. The SMILES string of the molecule is COc1ccc(C(=O)c2ccccc2NC2=CC(=O)N(CCO)C2=O)cc1. The van der Waals surface area contributed by atoms with Crippen molar-refractivity contribution in [3.8, 4) is 5.75 Å². The second kappa shape index (κ2) is 7.84. The summed E-state index contributed by atoms with van der Waals surface area (Å²) in [5.41, 5.74) is 1.30. The number of nitrogens with one attached hydrogen (secondary N) is 1. The van der Waals surface area contributed by atoms with Crippen molar-refractivity contribution in [2.45, 2.75) is 0 Å². The van der Waals surface area contributed by atoms with Crippen LogP contribution in [0, 0.1) is 0 Å². The van der Waals surface area contributed by atoms with Crippen LogP contribution in [0.3, 0.4) is 0 Å². The zero-order chi connectivity index (χ0) is 19.4. The van der Waals surface area contributed by atoms with Gasteiger partial charge in [-0.3, -0.25) is 19.3 Å². The average molecular weight is 366 g/mol. The highest BCUT2D eigenvalue weighted by Gasteiger charge is 2.31. The lowest BCUT2D eigenvalue weighted by atomic mass is 10.0. The maximum absolute atomic E-state index is 12.9. The molecule has 0 spiro atoms. The molecule has 0 saturated carbocycles. The van der Waals surface area contributed by atoms with E-state index in [9.17, 15) is 14.4 Å². The highest BCUT2D eigenvalue weighted by Crippen LogP contribution is 2.24. The molecule has 2 N–H and O–H groups in total. The summed E-state index contributed by atoms with van der Waals surface area (Å²) in [6.07, 6.45) is 1.16. The van der Waals surface area contributed by atoms with Gasteiger partial charge in [0.2, 0.25) is 0 Å². The summed E-state index contributed by atoms with van der Waals surface area (Å²) in [4.78, 5) is 38.0. The van der Waals surface area contributed by atoms with Gasteiger partial charge in [0.1, 0.15) is 11.4 Å². The van der Waals surface area contributed by atoms with Crippen LogP contribution in [0.4, 0.5) is 5.69 Å². The number of ketones is 1. The molecule has 1 aliphatic rings. The monoisotopic (exact) mass is 366 g/mol. The van der Waals surface area contributed by atoms with E-state index in [4.69, 9.17) is 9.84 Å². The standard InChI is InChI=1S/C20H18N2O5/c1-27-14-8-6-13(7-9-14)19(25)15-4-2-3-5-16(15)21-17-12-18(24)22(10-11-23)20(17)26/h2-9,12,21,23H,10-11H2,1H3. The van der Waals surface area contributed by atoms with Gasteiger partial charge in [-0.25, -0.2) is 0 Å². The molecule has 3 rings (SSSR count). The number of rotatable bonds is 7. The smallest absolute Gasteiger partial charge is 0.277 e. The van der Waals surface area contributed by atoms with Gasteiger partial charge < -0.3 is 15.2 Å². The van der Waals surface area contributed by atoms with Crippen LogP contribution in [0.1, 0.15) is 15.9 Å². The molecule has 2 aromatic carbocycles. The van der Waals surface area contributed by atoms with Crippen molar-refractivity contribution in [3.05, 3.63) is 71.4 Å². The van der Waals surface area contributed by atoms with E-state index in [-0.39, 0.29) is 24.6 Å². The summed E-state index contributed by atoms with van der Waals surface area (Å²) in [5.74, 6) is -0.635. The van der Waals surface area contributed by atoms with Crippen molar-refractivity contribution in [2.24, 2.45) is 0 Å². The molecule has 2 aromatic rings. The van der Waals surface area contributed by atoms with Crippen molar-refractivity contribution < 1.29 is 24.2 Å². The van der Waals surface area contributed by atoms with Gasteiger partial charge in [0.25, 0.3) is 11.8 Å². The Morgan fingerprint density at radius 2 is 1.81 bits per heavy atom. The number of ether oxygens (including phenoxy) is 1. The van der Waals surface area contributed by atoms with Gasteiger partial charge in [0.05, 0.1) is 20.3 Å². The summed E-state index contributed by atoms with van der Waals surface area (Å²) in [7, 11) is 1.55. The number of para-hydroxylation sites is 1. The second-order valence-corrected chi connectivity index (χ2v) is 5.80. The minimum atomic E-state index is -0.541. The second-order valence-electron chi connectivity index (χ2n) is 5.80. The Kier molecular flexibility index (Phi) is 5.33. The van der Waals surface area contributed by atoms with Crippen LogP contribution in [-0.2, 0) is 9.59 Å². The fourth-order valence-electron chi connectivity index (χ4n) is 2.74. The Balaban J connectivity index is 1.86. The molecule has 0 bridgehead atoms. The summed E-state index contributed by atoms with van der Waals surface area (Å²) in [6.45, 7) is -0.392. The van der Waals surface area contributed by atoms with Gasteiger partial charge in [-0.15, -0.1) is 0 Å². The number of hydrogen-bond acceptors (Lipinski definition) is 6. The number of aliphatic hydroxyl groups excluding tert-OH is 1. The maximum atomic E-state index is 12.9. The zero-order valence-electron chi connectivity index (χ0n) is 14.6. The molecule has 138 valence electrons. The molecule has 1 aliphatic heterocycles. The van der Waals surface area contributed by atoms with Gasteiger partial charge in [0.15, 0.2) is 5.78 Å². The van der Waals surface area contributed by atoms with E-state index in [0.29, 0.717) is 22.6 Å². The average Bonchev–Trinajstić information content (AvgIpc) is 2.96. The Hall–Kier alpha value is -3.45. The molecule has 0 atom stereocenters. The maximum Gasteiger partial charge on any atom is 0.277 e. The van der Waals surface area contributed by atoms with Gasteiger partial charge in [-0.1, -0.05) is 12.1 Å². The summed E-state index contributed by atoms with van der Waals surface area (Å²) in [6, 6.07) is 13.4. The minimum Gasteiger partial charge on any atom is -0.497 e. The number of benzene rings is 2. The third-order valence-corrected chi connectivity index (χ3v) is 4.13. The molecule has 7 nitrogen and oxygen atoms in total. The summed E-state index contributed by atoms with van der Waals surface area (Å²) < 4.78 is 5.10. The van der Waals surface area contributed by atoms with Gasteiger partial charge in [-0.2, -0.15) is 0 Å². The Bertz CT molecular complexity index is 918. The molecule has 2 amide bonds. The molecule has 7 heteroatoms. The van der Waals surface area contributed by atoms with Crippen LogP contribution in [0.25, 0.3) is 0 Å². The van der Waals surface area contributed by atoms with Crippen LogP contribution in [-0.4, -0.2) is 47.9 Å². The predicted octanol–water partition coefficient (Wildman–Crippen LogP) is 1.58. The number of hydrogen-bond donors (Lipinski definition) is 2. The minimum absolute atomic E-state index is 0.0587. The molecular weight excluding hydrogens is 348 g/mol. The van der Waals surface area contributed by atoms with E-state index in [1.165, 1.54) is 0 Å². The van der Waals surface area contributed by atoms with E-state index in [2.05, 4.69) is 5.32 Å². The highest BCUT2D eigenvalue weighted by atomic mass is 16.5. The van der Waals surface area contributed by atoms with Crippen LogP contribution in [0.15, 0.2) is 60.3 Å². The number of anilines is 1. The lowest BCUT2D eigenvalue weighted by molar-refractivity contribution is -0.137. The first-order valence-corrected chi connectivity index (χ1v) is 8.28. The van der Waals surface area contributed by atoms with Crippen LogP contribution in [0.2, 0.25) is 0 Å². The van der Waals surface area contributed by atoms with E-state index in [0.717, 1.165) is 11.0 Å². The van der Waals surface area contributed by atoms with Gasteiger partial charge in [0, 0.05) is 22.9 Å². The van der Waals surface area contributed by atoms with E-state index < -0.39 is 11.8 Å². The molecule has 0 aromatic heterocycles. The number of imide groups is 1. The lowest BCUT2D eigenvalue weighted by Crippen LogP contribution is -2.34. The molecular formula is C20H18N2O5. The Morgan fingerprint density at radius 1 is 1.11 bits per heavy atom. The Labute approximate surface area is 155 Å². The molecule has 27 heavy (non-hydrogen) atoms. The fourth-order valence-corrected chi connectivity index (χ4v) is 2.74. The Morgan fingerprint density at radius 3 is 2.48 bits per heavy atom. The summed E-state index contributed by atoms with van der Waals surface area (Å²) in [5, 5.41) is 11.8. The van der Waals surface area contributed by atoms with Crippen LogP contribution >= 0.6 is 0 Å². The zero-order valence-corrected chi connectivity index (χ0v) is 14.6. The molecule has 0 saturated heterocycles. The number of aliphatic hydroxyl groups is 1. The van der Waals surface area contributed by atoms with Crippen molar-refractivity contribution >= 4 is 23.3 Å². The quantitative estimate of drug-likeness (QED) is 0.571. The van der Waals surface area contributed by atoms with E-state index in [1.54, 1.807) is 55.6 Å². The number of carbonyl (C=O) groups is 3. The number of amides is 2. The van der Waals surface area contributed by atoms with Gasteiger partial charge >= 0.3 is 0 Å². The molecule has 0 fully saturated rings. The number of nitrogens with zero attached hydrogens (tertiary/aromatic N) is 1. The van der Waals surface area contributed by atoms with Crippen molar-refractivity contribution in [2.75, 3.05) is 25.6 Å². The lowest BCUT2D eigenvalue weighted by Gasteiger charge is -2.15. The summed E-state index contributed by atoms with van der Waals surface area (Å²) >= 11 is 0. The highest BCUT2D eigenvalue weighted by molar-refractivity contribution is 6.18. The predicted molar refractivity (Wildman–Crippen MR) is 98.4 cm³/mol. The third-order valence-electron chi connectivity index (χ3n) is 4.13.